The minimum atomic E-state index is -1.15. The Hall–Kier alpha value is -3.64. The molecule has 4 aromatic rings. The Kier molecular flexibility index (Phi) is 6.31. The number of pyridine rings is 1. The summed E-state index contributed by atoms with van der Waals surface area (Å²) >= 11 is 0. The van der Waals surface area contributed by atoms with E-state index in [0.29, 0.717) is 24.4 Å². The van der Waals surface area contributed by atoms with Crippen molar-refractivity contribution < 1.29 is 14.3 Å². The molecule has 1 atom stereocenters. The monoisotopic (exact) mass is 483 g/mol. The van der Waals surface area contributed by atoms with Gasteiger partial charge in [0.25, 0.3) is 0 Å². The molecule has 0 radical (unpaired) electrons. The summed E-state index contributed by atoms with van der Waals surface area (Å²) in [6.07, 6.45) is 1.74. The maximum atomic E-state index is 13.3. The lowest BCUT2D eigenvalue weighted by molar-refractivity contribution is 0.0243. The second-order valence-corrected chi connectivity index (χ2v) is 9.26. The van der Waals surface area contributed by atoms with E-state index in [1.54, 1.807) is 19.4 Å². The molecule has 0 saturated carbocycles. The van der Waals surface area contributed by atoms with Crippen molar-refractivity contribution in [3.63, 3.8) is 0 Å². The number of esters is 1. The Morgan fingerprint density at radius 3 is 2.56 bits per heavy atom. The minimum Gasteiger partial charge on any atom is -0.439 e. The molecule has 0 bridgehead atoms. The first-order chi connectivity index (χ1) is 17.5. The van der Waals surface area contributed by atoms with Gasteiger partial charge in [0.15, 0.2) is 0 Å². The third kappa shape index (κ3) is 3.51. The van der Waals surface area contributed by atoms with E-state index in [2.05, 4.69) is 67.5 Å². The summed E-state index contributed by atoms with van der Waals surface area (Å²) in [6, 6.07) is 18.3. The summed E-state index contributed by atoms with van der Waals surface area (Å²) < 4.78 is 14.1. The van der Waals surface area contributed by atoms with Crippen LogP contribution in [0.25, 0.3) is 10.9 Å². The molecule has 1 aliphatic heterocycles. The average Bonchev–Trinajstić information content (AvgIpc) is 3.34. The van der Waals surface area contributed by atoms with Gasteiger partial charge in [0.2, 0.25) is 5.60 Å². The average molecular weight is 484 g/mol. The first kappa shape index (κ1) is 24.1. The SMILES string of the molecule is CCN(CC)c1ccc(C2(c3c(C)n(CCOC)c4ccccc34)OC(=O)c3cccnc32)c(C)c1. The zero-order valence-electron chi connectivity index (χ0n) is 21.7. The zero-order valence-corrected chi connectivity index (χ0v) is 21.7. The van der Waals surface area contributed by atoms with Crippen molar-refractivity contribution in [2.24, 2.45) is 0 Å². The first-order valence-corrected chi connectivity index (χ1v) is 12.6. The van der Waals surface area contributed by atoms with Crippen LogP contribution in [0.3, 0.4) is 0 Å². The number of hydrogen-bond donors (Lipinski definition) is 0. The van der Waals surface area contributed by atoms with Gasteiger partial charge in [-0.3, -0.25) is 4.98 Å². The molecule has 1 aliphatic rings. The Morgan fingerprint density at radius 2 is 1.83 bits per heavy atom. The molecule has 2 aromatic heterocycles. The molecule has 2 aromatic carbocycles. The smallest absolute Gasteiger partial charge is 0.341 e. The molecule has 5 rings (SSSR count). The van der Waals surface area contributed by atoms with Crippen LogP contribution in [0.4, 0.5) is 5.69 Å². The summed E-state index contributed by atoms with van der Waals surface area (Å²) in [6.45, 7) is 11.6. The van der Waals surface area contributed by atoms with E-state index >= 15 is 0 Å². The molecule has 1 unspecified atom stereocenters. The number of anilines is 1. The normalized spacial score (nSPS) is 16.9. The van der Waals surface area contributed by atoms with Crippen LogP contribution in [-0.2, 0) is 21.6 Å². The van der Waals surface area contributed by atoms with Gasteiger partial charge >= 0.3 is 5.97 Å². The summed E-state index contributed by atoms with van der Waals surface area (Å²) in [7, 11) is 1.71. The molecule has 0 N–H and O–H groups in total. The van der Waals surface area contributed by atoms with Crippen LogP contribution in [0.2, 0.25) is 0 Å². The lowest BCUT2D eigenvalue weighted by atomic mass is 9.79. The number of fused-ring (bicyclic) bond motifs is 2. The fourth-order valence-corrected chi connectivity index (χ4v) is 5.75. The molecule has 6 heteroatoms. The number of nitrogens with zero attached hydrogens (tertiary/aromatic N) is 3. The Balaban J connectivity index is 1.85. The lowest BCUT2D eigenvalue weighted by Gasteiger charge is -2.32. The maximum Gasteiger partial charge on any atom is 0.341 e. The molecule has 0 aliphatic carbocycles. The largest absolute Gasteiger partial charge is 0.439 e. The highest BCUT2D eigenvalue weighted by molar-refractivity contribution is 5.98. The van der Waals surface area contributed by atoms with Crippen LogP contribution in [0, 0.1) is 13.8 Å². The van der Waals surface area contributed by atoms with E-state index in [1.165, 1.54) is 0 Å². The van der Waals surface area contributed by atoms with Crippen LogP contribution in [0.1, 0.15) is 52.3 Å². The number of carbonyl (C=O) groups is 1. The van der Waals surface area contributed by atoms with Crippen molar-refractivity contribution in [3.8, 4) is 0 Å². The zero-order chi connectivity index (χ0) is 25.4. The van der Waals surface area contributed by atoms with Gasteiger partial charge in [-0.05, 0) is 63.6 Å². The van der Waals surface area contributed by atoms with Crippen LogP contribution in [0.5, 0.6) is 0 Å². The predicted octanol–water partition coefficient (Wildman–Crippen LogP) is 5.61. The molecule has 186 valence electrons. The highest BCUT2D eigenvalue weighted by Gasteiger charge is 2.53. The van der Waals surface area contributed by atoms with Crippen LogP contribution in [-0.4, -0.2) is 42.3 Å². The van der Waals surface area contributed by atoms with Gasteiger partial charge in [0.05, 0.1) is 12.2 Å². The van der Waals surface area contributed by atoms with Crippen LogP contribution in [0.15, 0.2) is 60.8 Å². The number of para-hydroxylation sites is 1. The molecule has 0 fully saturated rings. The lowest BCUT2D eigenvalue weighted by Crippen LogP contribution is -2.32. The minimum absolute atomic E-state index is 0.349. The number of benzene rings is 2. The fraction of sp³-hybridized carbons (Fsp3) is 0.333. The van der Waals surface area contributed by atoms with Crippen molar-refractivity contribution in [1.82, 2.24) is 9.55 Å². The van der Waals surface area contributed by atoms with E-state index < -0.39 is 5.60 Å². The van der Waals surface area contributed by atoms with Crippen LogP contribution < -0.4 is 4.90 Å². The van der Waals surface area contributed by atoms with Gasteiger partial charge in [-0.25, -0.2) is 4.79 Å². The molecule has 0 amide bonds. The van der Waals surface area contributed by atoms with Gasteiger partial charge in [0.1, 0.15) is 5.69 Å². The van der Waals surface area contributed by atoms with Crippen molar-refractivity contribution >= 4 is 22.6 Å². The molecular weight excluding hydrogens is 450 g/mol. The molecule has 3 heterocycles. The van der Waals surface area contributed by atoms with Crippen LogP contribution >= 0.6 is 0 Å². The number of cyclic esters (lactones) is 1. The molecule has 36 heavy (non-hydrogen) atoms. The summed E-state index contributed by atoms with van der Waals surface area (Å²) in [5, 5.41) is 1.05. The van der Waals surface area contributed by atoms with Crippen molar-refractivity contribution in [3.05, 3.63) is 94.4 Å². The quantitative estimate of drug-likeness (QED) is 0.305. The van der Waals surface area contributed by atoms with Gasteiger partial charge in [0, 0.05) is 66.4 Å². The second kappa shape index (κ2) is 9.43. The van der Waals surface area contributed by atoms with Gasteiger partial charge in [-0.1, -0.05) is 24.3 Å². The molecular formula is C30H33N3O3. The third-order valence-corrected chi connectivity index (χ3v) is 7.43. The number of methoxy groups -OCH3 is 1. The summed E-state index contributed by atoms with van der Waals surface area (Å²) in [5.41, 5.74) is 6.22. The molecule has 0 spiro atoms. The maximum absolute atomic E-state index is 13.3. The first-order valence-electron chi connectivity index (χ1n) is 12.6. The second-order valence-electron chi connectivity index (χ2n) is 9.26. The fourth-order valence-electron chi connectivity index (χ4n) is 5.75. The van der Waals surface area contributed by atoms with Gasteiger partial charge in [-0.2, -0.15) is 0 Å². The number of rotatable bonds is 8. The Morgan fingerprint density at radius 1 is 1.06 bits per heavy atom. The Bertz CT molecular complexity index is 1440. The van der Waals surface area contributed by atoms with Gasteiger partial charge in [-0.15, -0.1) is 0 Å². The van der Waals surface area contributed by atoms with Crippen molar-refractivity contribution in [1.29, 1.82) is 0 Å². The van der Waals surface area contributed by atoms with Crippen molar-refractivity contribution in [2.75, 3.05) is 31.7 Å². The number of hydrogen-bond acceptors (Lipinski definition) is 5. The highest BCUT2D eigenvalue weighted by Crippen LogP contribution is 2.51. The topological polar surface area (TPSA) is 56.6 Å². The number of aromatic nitrogens is 2. The number of carbonyl (C=O) groups excluding carboxylic acids is 1. The van der Waals surface area contributed by atoms with E-state index in [9.17, 15) is 4.79 Å². The Labute approximate surface area is 212 Å². The molecule has 6 nitrogen and oxygen atoms in total. The number of ether oxygens (including phenoxy) is 2. The molecule has 0 saturated heterocycles. The van der Waals surface area contributed by atoms with E-state index in [4.69, 9.17) is 14.5 Å². The predicted molar refractivity (Wildman–Crippen MR) is 143 cm³/mol. The number of aryl methyl sites for hydroxylation is 1. The summed E-state index contributed by atoms with van der Waals surface area (Å²) in [5.74, 6) is -0.349. The van der Waals surface area contributed by atoms with E-state index in [0.717, 1.165) is 52.1 Å². The van der Waals surface area contributed by atoms with E-state index in [1.807, 2.05) is 18.2 Å². The van der Waals surface area contributed by atoms with E-state index in [-0.39, 0.29) is 5.97 Å². The van der Waals surface area contributed by atoms with Crippen molar-refractivity contribution in [2.45, 2.75) is 39.8 Å². The standard InChI is InChI=1S/C30H33N3O3/c1-6-32(7-2)22-14-15-25(20(3)19-22)30(28-24(29(34)36-30)12-10-16-31-28)27-21(4)33(17-18-35-5)26-13-9-8-11-23(26)27/h8-16,19H,6-7,17-18H2,1-5H3. The highest BCUT2D eigenvalue weighted by atomic mass is 16.6. The third-order valence-electron chi connectivity index (χ3n) is 7.43. The summed E-state index contributed by atoms with van der Waals surface area (Å²) in [4.78, 5) is 20.4. The van der Waals surface area contributed by atoms with Gasteiger partial charge < -0.3 is 18.9 Å².